The summed E-state index contributed by atoms with van der Waals surface area (Å²) in [5.41, 5.74) is 0. The molecule has 0 aromatic carbocycles. The standard InChI is InChI=1S/C13H22O4/c1-5-6-7-10-11(9(4)16-13(10)15)17-12(14)8(2)3/h8-11H,5-7H2,1-4H3/t9-,10+,11-/m0/s1. The summed E-state index contributed by atoms with van der Waals surface area (Å²) in [6, 6.07) is 0. The third kappa shape index (κ3) is 3.45. The molecule has 4 nitrogen and oxygen atoms in total. The lowest BCUT2D eigenvalue weighted by Crippen LogP contribution is -2.32. The largest absolute Gasteiger partial charge is 0.458 e. The van der Waals surface area contributed by atoms with Gasteiger partial charge in [0.2, 0.25) is 0 Å². The Bertz CT molecular complexity index is 285. The number of carbonyl (C=O) groups excluding carboxylic acids is 2. The van der Waals surface area contributed by atoms with Crippen molar-refractivity contribution in [3.63, 3.8) is 0 Å². The Morgan fingerprint density at radius 1 is 1.47 bits per heavy atom. The minimum Gasteiger partial charge on any atom is -0.458 e. The summed E-state index contributed by atoms with van der Waals surface area (Å²) in [4.78, 5) is 23.2. The van der Waals surface area contributed by atoms with Gasteiger partial charge in [0.1, 0.15) is 6.10 Å². The molecule has 17 heavy (non-hydrogen) atoms. The van der Waals surface area contributed by atoms with Gasteiger partial charge in [-0.3, -0.25) is 9.59 Å². The number of cyclic esters (lactones) is 1. The van der Waals surface area contributed by atoms with Gasteiger partial charge in [-0.05, 0) is 13.3 Å². The Kier molecular flexibility index (Phi) is 4.97. The Morgan fingerprint density at radius 3 is 2.65 bits per heavy atom. The van der Waals surface area contributed by atoms with E-state index in [4.69, 9.17) is 9.47 Å². The summed E-state index contributed by atoms with van der Waals surface area (Å²) in [6.45, 7) is 7.42. The van der Waals surface area contributed by atoms with Gasteiger partial charge in [-0.2, -0.15) is 0 Å². The van der Waals surface area contributed by atoms with Crippen molar-refractivity contribution in [3.05, 3.63) is 0 Å². The van der Waals surface area contributed by atoms with Crippen LogP contribution in [-0.2, 0) is 19.1 Å². The number of esters is 2. The zero-order valence-corrected chi connectivity index (χ0v) is 11.1. The highest BCUT2D eigenvalue weighted by molar-refractivity contribution is 5.77. The fourth-order valence-corrected chi connectivity index (χ4v) is 1.95. The molecule has 0 aromatic rings. The predicted molar refractivity (Wildman–Crippen MR) is 63.3 cm³/mol. The van der Waals surface area contributed by atoms with Gasteiger partial charge in [0.15, 0.2) is 6.10 Å². The van der Waals surface area contributed by atoms with E-state index in [1.165, 1.54) is 0 Å². The number of unbranched alkanes of at least 4 members (excludes halogenated alkanes) is 1. The summed E-state index contributed by atoms with van der Waals surface area (Å²) in [7, 11) is 0. The maximum atomic E-state index is 11.6. The number of rotatable bonds is 5. The van der Waals surface area contributed by atoms with E-state index in [1.807, 2.05) is 0 Å². The Labute approximate surface area is 103 Å². The molecule has 98 valence electrons. The molecule has 4 heteroatoms. The van der Waals surface area contributed by atoms with E-state index >= 15 is 0 Å². The second-order valence-electron chi connectivity index (χ2n) is 4.95. The Morgan fingerprint density at radius 2 is 2.12 bits per heavy atom. The monoisotopic (exact) mass is 242 g/mol. The van der Waals surface area contributed by atoms with Crippen LogP contribution in [0.4, 0.5) is 0 Å². The van der Waals surface area contributed by atoms with Gasteiger partial charge in [-0.25, -0.2) is 0 Å². The van der Waals surface area contributed by atoms with Crippen molar-refractivity contribution in [1.29, 1.82) is 0 Å². The van der Waals surface area contributed by atoms with Crippen molar-refractivity contribution in [2.75, 3.05) is 0 Å². The molecule has 1 saturated heterocycles. The summed E-state index contributed by atoms with van der Waals surface area (Å²) in [5, 5.41) is 0. The van der Waals surface area contributed by atoms with Crippen LogP contribution in [0.5, 0.6) is 0 Å². The normalized spacial score (nSPS) is 28.3. The average Bonchev–Trinajstić information content (AvgIpc) is 2.51. The van der Waals surface area contributed by atoms with Crippen LogP contribution in [0.3, 0.4) is 0 Å². The van der Waals surface area contributed by atoms with Crippen LogP contribution >= 0.6 is 0 Å². The number of hydrogen-bond acceptors (Lipinski definition) is 4. The zero-order chi connectivity index (χ0) is 13.0. The van der Waals surface area contributed by atoms with Crippen LogP contribution in [0, 0.1) is 11.8 Å². The molecule has 0 saturated carbocycles. The van der Waals surface area contributed by atoms with Gasteiger partial charge < -0.3 is 9.47 Å². The molecule has 0 spiro atoms. The molecule has 0 bridgehead atoms. The van der Waals surface area contributed by atoms with Crippen LogP contribution < -0.4 is 0 Å². The van der Waals surface area contributed by atoms with Gasteiger partial charge in [-0.1, -0.05) is 33.6 Å². The van der Waals surface area contributed by atoms with Gasteiger partial charge >= 0.3 is 11.9 Å². The van der Waals surface area contributed by atoms with E-state index in [2.05, 4.69) is 6.92 Å². The molecule has 1 fully saturated rings. The Hall–Kier alpha value is -1.06. The molecule has 1 aliphatic rings. The molecule has 0 amide bonds. The highest BCUT2D eigenvalue weighted by Gasteiger charge is 2.44. The lowest BCUT2D eigenvalue weighted by Gasteiger charge is -2.20. The molecule has 1 rings (SSSR count). The van der Waals surface area contributed by atoms with Crippen molar-refractivity contribution in [1.82, 2.24) is 0 Å². The van der Waals surface area contributed by atoms with Gasteiger partial charge in [0.05, 0.1) is 11.8 Å². The maximum Gasteiger partial charge on any atom is 0.313 e. The molecule has 0 unspecified atom stereocenters. The van der Waals surface area contributed by atoms with Crippen molar-refractivity contribution in [2.24, 2.45) is 11.8 Å². The molecule has 0 aliphatic carbocycles. The molecular formula is C13H22O4. The minimum absolute atomic E-state index is 0.176. The van der Waals surface area contributed by atoms with Gasteiger partial charge in [-0.15, -0.1) is 0 Å². The van der Waals surface area contributed by atoms with E-state index in [0.717, 1.165) is 19.3 Å². The topological polar surface area (TPSA) is 52.6 Å². The minimum atomic E-state index is -0.413. The highest BCUT2D eigenvalue weighted by Crippen LogP contribution is 2.29. The molecule has 3 atom stereocenters. The van der Waals surface area contributed by atoms with Crippen molar-refractivity contribution >= 4 is 11.9 Å². The first-order valence-electron chi connectivity index (χ1n) is 6.38. The number of hydrogen-bond donors (Lipinski definition) is 0. The first-order chi connectivity index (χ1) is 7.97. The summed E-state index contributed by atoms with van der Waals surface area (Å²) in [6.07, 6.45) is 1.96. The highest BCUT2D eigenvalue weighted by atomic mass is 16.6. The SMILES string of the molecule is CCCC[C@H]1C(=O)O[C@@H](C)[C@@H]1OC(=O)C(C)C. The van der Waals surface area contributed by atoms with E-state index in [9.17, 15) is 9.59 Å². The van der Waals surface area contributed by atoms with Crippen molar-refractivity contribution in [3.8, 4) is 0 Å². The third-order valence-electron chi connectivity index (χ3n) is 3.06. The van der Waals surface area contributed by atoms with Crippen LogP contribution in [0.15, 0.2) is 0 Å². The molecular weight excluding hydrogens is 220 g/mol. The number of ether oxygens (including phenoxy) is 2. The van der Waals surface area contributed by atoms with Gasteiger partial charge in [0.25, 0.3) is 0 Å². The second kappa shape index (κ2) is 6.03. The van der Waals surface area contributed by atoms with Crippen LogP contribution in [0.2, 0.25) is 0 Å². The lowest BCUT2D eigenvalue weighted by atomic mass is 9.95. The van der Waals surface area contributed by atoms with E-state index in [-0.39, 0.29) is 29.9 Å². The molecule has 0 radical (unpaired) electrons. The molecule has 1 aliphatic heterocycles. The fraction of sp³-hybridized carbons (Fsp3) is 0.846. The molecule has 0 aromatic heterocycles. The lowest BCUT2D eigenvalue weighted by molar-refractivity contribution is -0.157. The average molecular weight is 242 g/mol. The first kappa shape index (κ1) is 14.0. The van der Waals surface area contributed by atoms with E-state index in [1.54, 1.807) is 20.8 Å². The van der Waals surface area contributed by atoms with E-state index in [0.29, 0.717) is 0 Å². The quantitative estimate of drug-likeness (QED) is 0.694. The van der Waals surface area contributed by atoms with Gasteiger partial charge in [0, 0.05) is 0 Å². The summed E-state index contributed by atoms with van der Waals surface area (Å²) in [5.74, 6) is -0.952. The van der Waals surface area contributed by atoms with Crippen molar-refractivity contribution in [2.45, 2.75) is 59.2 Å². The van der Waals surface area contributed by atoms with Crippen LogP contribution in [-0.4, -0.2) is 24.1 Å². The van der Waals surface area contributed by atoms with E-state index < -0.39 is 6.10 Å². The summed E-state index contributed by atoms with van der Waals surface area (Å²) < 4.78 is 10.5. The van der Waals surface area contributed by atoms with Crippen LogP contribution in [0.1, 0.15) is 47.0 Å². The van der Waals surface area contributed by atoms with Crippen LogP contribution in [0.25, 0.3) is 0 Å². The second-order valence-corrected chi connectivity index (χ2v) is 4.95. The Balaban J connectivity index is 2.65. The molecule has 1 heterocycles. The smallest absolute Gasteiger partial charge is 0.313 e. The first-order valence-corrected chi connectivity index (χ1v) is 6.38. The fourth-order valence-electron chi connectivity index (χ4n) is 1.95. The third-order valence-corrected chi connectivity index (χ3v) is 3.06. The maximum absolute atomic E-state index is 11.6. The zero-order valence-electron chi connectivity index (χ0n) is 11.1. The number of carbonyl (C=O) groups is 2. The predicted octanol–water partition coefficient (Wildman–Crippen LogP) is 2.31. The van der Waals surface area contributed by atoms with Crippen molar-refractivity contribution < 1.29 is 19.1 Å². The molecule has 0 N–H and O–H groups in total. The summed E-state index contributed by atoms with van der Waals surface area (Å²) >= 11 is 0.